The van der Waals surface area contributed by atoms with Crippen LogP contribution in [-0.4, -0.2) is 33.7 Å². The summed E-state index contributed by atoms with van der Waals surface area (Å²) in [6.45, 7) is 2.19. The lowest BCUT2D eigenvalue weighted by atomic mass is 9.85. The van der Waals surface area contributed by atoms with E-state index in [-0.39, 0.29) is 18.5 Å². The van der Waals surface area contributed by atoms with Crippen LogP contribution in [0.2, 0.25) is 0 Å². The molecule has 26 heavy (non-hydrogen) atoms. The number of rotatable bonds is 3. The van der Waals surface area contributed by atoms with Crippen LogP contribution in [0.4, 0.5) is 4.79 Å². The molecule has 1 aliphatic carbocycles. The van der Waals surface area contributed by atoms with Gasteiger partial charge < -0.3 is 0 Å². The van der Waals surface area contributed by atoms with E-state index < -0.39 is 17.8 Å². The molecular formula is C21H22N2O3. The molecule has 4 rings (SSSR count). The number of hydrogen-bond acceptors (Lipinski definition) is 3. The fraction of sp³-hybridized carbons (Fsp3) is 0.381. The number of benzene rings is 2. The van der Waals surface area contributed by atoms with Gasteiger partial charge in [-0.15, -0.1) is 0 Å². The largest absolute Gasteiger partial charge is 0.334 e. The van der Waals surface area contributed by atoms with Crippen molar-refractivity contribution in [2.45, 2.75) is 45.2 Å². The van der Waals surface area contributed by atoms with E-state index in [0.717, 1.165) is 46.9 Å². The maximum absolute atomic E-state index is 12.9. The Bertz CT molecular complexity index is 886. The van der Waals surface area contributed by atoms with Gasteiger partial charge >= 0.3 is 17.8 Å². The number of imide groups is 2. The van der Waals surface area contributed by atoms with Crippen molar-refractivity contribution in [3.05, 3.63) is 48.0 Å². The van der Waals surface area contributed by atoms with Crippen molar-refractivity contribution in [3.63, 3.8) is 0 Å². The molecule has 1 aliphatic heterocycles. The van der Waals surface area contributed by atoms with Crippen LogP contribution < -0.4 is 0 Å². The van der Waals surface area contributed by atoms with Gasteiger partial charge in [-0.05, 0) is 35.1 Å². The molecule has 5 heteroatoms. The fourth-order valence-corrected chi connectivity index (χ4v) is 4.24. The zero-order valence-electron chi connectivity index (χ0n) is 14.9. The minimum Gasteiger partial charge on any atom is -0.263 e. The first-order valence-electron chi connectivity index (χ1n) is 9.23. The summed E-state index contributed by atoms with van der Waals surface area (Å²) in [5.74, 6) is -1.14. The number of nitrogens with zero attached hydrogens (tertiary/aromatic N) is 2. The maximum atomic E-state index is 12.9. The van der Waals surface area contributed by atoms with Crippen molar-refractivity contribution in [2.75, 3.05) is 0 Å². The Morgan fingerprint density at radius 1 is 0.923 bits per heavy atom. The smallest absolute Gasteiger partial charge is 0.263 e. The average molecular weight is 350 g/mol. The standard InChI is InChI=1S/C21H22N2O3/c1-14-7-2-5-12-18(14)23-20(25)19(24)22(21(23)26)13-16-10-6-9-15-8-3-4-11-17(15)16/h3-4,6,8-11,14,18H,2,5,7,12-13H2,1H3/t14-,18-/m0/s1. The molecule has 0 aromatic heterocycles. The van der Waals surface area contributed by atoms with Crippen molar-refractivity contribution in [2.24, 2.45) is 5.92 Å². The zero-order chi connectivity index (χ0) is 18.3. The lowest BCUT2D eigenvalue weighted by Crippen LogP contribution is -2.46. The molecule has 2 aromatic carbocycles. The number of urea groups is 1. The quantitative estimate of drug-likeness (QED) is 0.626. The van der Waals surface area contributed by atoms with Gasteiger partial charge in [-0.2, -0.15) is 0 Å². The summed E-state index contributed by atoms with van der Waals surface area (Å²) in [4.78, 5) is 40.3. The summed E-state index contributed by atoms with van der Waals surface area (Å²) in [5, 5.41) is 2.04. The molecule has 1 heterocycles. The molecule has 0 bridgehead atoms. The van der Waals surface area contributed by atoms with Gasteiger partial charge in [0.2, 0.25) is 0 Å². The van der Waals surface area contributed by atoms with E-state index in [1.54, 1.807) is 0 Å². The van der Waals surface area contributed by atoms with Crippen LogP contribution in [0.3, 0.4) is 0 Å². The molecular weight excluding hydrogens is 328 g/mol. The van der Waals surface area contributed by atoms with Crippen LogP contribution >= 0.6 is 0 Å². The van der Waals surface area contributed by atoms with Crippen LogP contribution in [0.1, 0.15) is 38.2 Å². The normalized spacial score (nSPS) is 24.0. The first-order chi connectivity index (χ1) is 12.6. The van der Waals surface area contributed by atoms with Crippen LogP contribution in [-0.2, 0) is 16.1 Å². The van der Waals surface area contributed by atoms with E-state index in [0.29, 0.717) is 0 Å². The van der Waals surface area contributed by atoms with Gasteiger partial charge in [0.05, 0.1) is 6.54 Å². The van der Waals surface area contributed by atoms with E-state index in [2.05, 4.69) is 6.92 Å². The topological polar surface area (TPSA) is 57.7 Å². The SMILES string of the molecule is C[C@H]1CCCC[C@@H]1N1C(=O)C(=O)N(Cc2cccc3ccccc23)C1=O. The van der Waals surface area contributed by atoms with Crippen molar-refractivity contribution < 1.29 is 14.4 Å². The third-order valence-electron chi connectivity index (χ3n) is 5.69. The third kappa shape index (κ3) is 2.68. The molecule has 1 saturated carbocycles. The highest BCUT2D eigenvalue weighted by atomic mass is 16.2. The Morgan fingerprint density at radius 2 is 1.65 bits per heavy atom. The van der Waals surface area contributed by atoms with Gasteiger partial charge in [0.1, 0.15) is 0 Å². The average Bonchev–Trinajstić information content (AvgIpc) is 2.86. The molecule has 5 nitrogen and oxygen atoms in total. The monoisotopic (exact) mass is 350 g/mol. The van der Waals surface area contributed by atoms with Gasteiger partial charge in [0.15, 0.2) is 0 Å². The van der Waals surface area contributed by atoms with Crippen LogP contribution in [0.5, 0.6) is 0 Å². The molecule has 2 aliphatic rings. The molecule has 134 valence electrons. The van der Waals surface area contributed by atoms with Gasteiger partial charge in [-0.25, -0.2) is 4.79 Å². The van der Waals surface area contributed by atoms with Crippen LogP contribution in [0, 0.1) is 5.92 Å². The number of amides is 4. The second-order valence-corrected chi connectivity index (χ2v) is 7.32. The molecule has 2 fully saturated rings. The Hall–Kier alpha value is -2.69. The maximum Gasteiger partial charge on any atom is 0.334 e. The summed E-state index contributed by atoms with van der Waals surface area (Å²) in [6, 6.07) is 13.0. The van der Waals surface area contributed by atoms with Gasteiger partial charge in [-0.3, -0.25) is 19.4 Å². The Morgan fingerprint density at radius 3 is 2.46 bits per heavy atom. The second-order valence-electron chi connectivity index (χ2n) is 7.32. The van der Waals surface area contributed by atoms with Gasteiger partial charge in [0.25, 0.3) is 0 Å². The minimum atomic E-state index is -0.708. The van der Waals surface area contributed by atoms with E-state index in [1.165, 1.54) is 4.90 Å². The predicted octanol–water partition coefficient (Wildman–Crippen LogP) is 3.71. The summed E-state index contributed by atoms with van der Waals surface area (Å²) < 4.78 is 0. The number of fused-ring (bicyclic) bond motifs is 1. The summed E-state index contributed by atoms with van der Waals surface area (Å²) in [6.07, 6.45) is 3.87. The van der Waals surface area contributed by atoms with E-state index in [1.807, 2.05) is 42.5 Å². The first-order valence-corrected chi connectivity index (χ1v) is 9.23. The first kappa shape index (κ1) is 16.8. The molecule has 2 atom stereocenters. The van der Waals surface area contributed by atoms with Gasteiger partial charge in [0, 0.05) is 6.04 Å². The van der Waals surface area contributed by atoms with E-state index >= 15 is 0 Å². The van der Waals surface area contributed by atoms with Crippen molar-refractivity contribution >= 4 is 28.6 Å². The fourth-order valence-electron chi connectivity index (χ4n) is 4.24. The third-order valence-corrected chi connectivity index (χ3v) is 5.69. The second kappa shape index (κ2) is 6.56. The molecule has 2 aromatic rings. The molecule has 0 N–H and O–H groups in total. The molecule has 1 saturated heterocycles. The highest BCUT2D eigenvalue weighted by Crippen LogP contribution is 2.32. The Kier molecular flexibility index (Phi) is 4.23. The van der Waals surface area contributed by atoms with Crippen LogP contribution in [0.15, 0.2) is 42.5 Å². The van der Waals surface area contributed by atoms with E-state index in [9.17, 15) is 14.4 Å². The lowest BCUT2D eigenvalue weighted by Gasteiger charge is -2.34. The predicted molar refractivity (Wildman–Crippen MR) is 98.2 cm³/mol. The Balaban J connectivity index is 1.64. The minimum absolute atomic E-state index is 0.127. The van der Waals surface area contributed by atoms with Crippen molar-refractivity contribution in [3.8, 4) is 0 Å². The highest BCUT2D eigenvalue weighted by Gasteiger charge is 2.49. The molecule has 0 unspecified atom stereocenters. The molecule has 4 amide bonds. The number of carbonyl (C=O) groups excluding carboxylic acids is 3. The molecule has 0 spiro atoms. The summed E-state index contributed by atoms with van der Waals surface area (Å²) in [7, 11) is 0. The highest BCUT2D eigenvalue weighted by molar-refractivity contribution is 6.44. The summed E-state index contributed by atoms with van der Waals surface area (Å²) in [5.41, 5.74) is 0.871. The molecule has 0 radical (unpaired) electrons. The number of hydrogen-bond donors (Lipinski definition) is 0. The number of carbonyl (C=O) groups is 3. The van der Waals surface area contributed by atoms with Crippen LogP contribution in [0.25, 0.3) is 10.8 Å². The Labute approximate surface area is 152 Å². The lowest BCUT2D eigenvalue weighted by molar-refractivity contribution is -0.144. The van der Waals surface area contributed by atoms with Gasteiger partial charge in [-0.1, -0.05) is 62.2 Å². The zero-order valence-corrected chi connectivity index (χ0v) is 14.9. The summed E-state index contributed by atoms with van der Waals surface area (Å²) >= 11 is 0. The van der Waals surface area contributed by atoms with E-state index in [4.69, 9.17) is 0 Å². The van der Waals surface area contributed by atoms with Crippen molar-refractivity contribution in [1.82, 2.24) is 9.80 Å². The van der Waals surface area contributed by atoms with Crippen molar-refractivity contribution in [1.29, 1.82) is 0 Å².